The van der Waals surface area contributed by atoms with E-state index in [9.17, 15) is 0 Å². The van der Waals surface area contributed by atoms with E-state index in [0.717, 1.165) is 38.5 Å². The summed E-state index contributed by atoms with van der Waals surface area (Å²) in [6, 6.07) is -0.289. The molecule has 7 heteroatoms. The van der Waals surface area contributed by atoms with Gasteiger partial charge in [0.15, 0.2) is 0 Å². The molecule has 7 atom stereocenters. The molecule has 0 heterocycles. The van der Waals surface area contributed by atoms with Gasteiger partial charge >= 0.3 is 0 Å². The van der Waals surface area contributed by atoms with Gasteiger partial charge in [-0.2, -0.15) is 0 Å². The Morgan fingerprint density at radius 2 is 1.12 bits per heavy atom. The molecule has 1 saturated carbocycles. The van der Waals surface area contributed by atoms with Crippen molar-refractivity contribution in [1.29, 1.82) is 0 Å². The fraction of sp³-hybridized carbons (Fsp3) is 1.00. The third kappa shape index (κ3) is 8.20. The highest BCUT2D eigenvalue weighted by Gasteiger charge is 2.29. The quantitative estimate of drug-likeness (QED) is 0.300. The summed E-state index contributed by atoms with van der Waals surface area (Å²) in [5.41, 5.74) is 43.4. The molecule has 0 spiro atoms. The molecule has 14 N–H and O–H groups in total. The molecule has 0 amide bonds. The van der Waals surface area contributed by atoms with Crippen LogP contribution in [0.1, 0.15) is 65.2 Å². The van der Waals surface area contributed by atoms with Crippen LogP contribution in [0.5, 0.6) is 0 Å². The highest BCUT2D eigenvalue weighted by atomic mass is 14.8. The maximum atomic E-state index is 6.42. The monoisotopic (exact) mass is 343 g/mol. The van der Waals surface area contributed by atoms with Crippen molar-refractivity contribution >= 4 is 0 Å². The summed E-state index contributed by atoms with van der Waals surface area (Å²) in [6.07, 6.45) is 6.05. The van der Waals surface area contributed by atoms with Gasteiger partial charge < -0.3 is 40.1 Å². The molecular weight excluding hydrogens is 302 g/mol. The van der Waals surface area contributed by atoms with Gasteiger partial charge in [-0.3, -0.25) is 0 Å². The lowest BCUT2D eigenvalue weighted by Gasteiger charge is -2.33. The molecule has 0 aromatic heterocycles. The first-order chi connectivity index (χ1) is 10.9. The van der Waals surface area contributed by atoms with Gasteiger partial charge in [0.2, 0.25) is 0 Å². The van der Waals surface area contributed by atoms with Gasteiger partial charge in [-0.1, -0.05) is 0 Å². The summed E-state index contributed by atoms with van der Waals surface area (Å²) >= 11 is 0. The molecule has 0 aromatic rings. The van der Waals surface area contributed by atoms with Crippen LogP contribution in [0.2, 0.25) is 0 Å². The standard InChI is InChI=1S/C17H41N7/c1-16(23)6-5-12(19)9-17(2,24)8-11(18)3-4-14(21)15(22)7-13(20)10-16/h11-15H,3-10,18-24H2,1-2H3. The zero-order chi connectivity index (χ0) is 18.5. The zero-order valence-electron chi connectivity index (χ0n) is 15.6. The van der Waals surface area contributed by atoms with Crippen molar-refractivity contribution < 1.29 is 0 Å². The van der Waals surface area contributed by atoms with E-state index in [-0.39, 0.29) is 41.3 Å². The minimum atomic E-state index is -0.382. The molecule has 7 unspecified atom stereocenters. The van der Waals surface area contributed by atoms with Crippen LogP contribution in [0.3, 0.4) is 0 Å². The van der Waals surface area contributed by atoms with Gasteiger partial charge in [0, 0.05) is 41.3 Å². The average Bonchev–Trinajstić information content (AvgIpc) is 2.40. The summed E-state index contributed by atoms with van der Waals surface area (Å²) in [5.74, 6) is 0. The molecule has 0 aromatic carbocycles. The van der Waals surface area contributed by atoms with Crippen LogP contribution in [0.25, 0.3) is 0 Å². The molecule has 144 valence electrons. The van der Waals surface area contributed by atoms with Crippen LogP contribution in [0.15, 0.2) is 0 Å². The summed E-state index contributed by atoms with van der Waals surface area (Å²) in [4.78, 5) is 0. The Morgan fingerprint density at radius 3 is 1.71 bits per heavy atom. The van der Waals surface area contributed by atoms with E-state index < -0.39 is 0 Å². The summed E-state index contributed by atoms with van der Waals surface area (Å²) in [7, 11) is 0. The predicted octanol–water partition coefficient (Wildman–Crippen LogP) is -0.808. The Balaban J connectivity index is 2.82. The lowest BCUT2D eigenvalue weighted by atomic mass is 9.82. The van der Waals surface area contributed by atoms with Gasteiger partial charge in [0.05, 0.1) is 0 Å². The lowest BCUT2D eigenvalue weighted by Crippen LogP contribution is -2.49. The first-order valence-corrected chi connectivity index (χ1v) is 9.26. The van der Waals surface area contributed by atoms with Crippen molar-refractivity contribution in [2.24, 2.45) is 40.1 Å². The Morgan fingerprint density at radius 1 is 0.625 bits per heavy atom. The molecule has 1 rings (SSSR count). The van der Waals surface area contributed by atoms with E-state index in [4.69, 9.17) is 40.1 Å². The van der Waals surface area contributed by atoms with Gasteiger partial charge in [-0.05, 0) is 65.2 Å². The second kappa shape index (κ2) is 8.89. The van der Waals surface area contributed by atoms with Gasteiger partial charge in [0.1, 0.15) is 0 Å². The molecule has 24 heavy (non-hydrogen) atoms. The predicted molar refractivity (Wildman–Crippen MR) is 102 cm³/mol. The van der Waals surface area contributed by atoms with Crippen LogP contribution in [-0.4, -0.2) is 41.3 Å². The largest absolute Gasteiger partial charge is 0.328 e. The molecular formula is C17H41N7. The number of hydrogen-bond donors (Lipinski definition) is 7. The van der Waals surface area contributed by atoms with Crippen molar-refractivity contribution in [3.05, 3.63) is 0 Å². The van der Waals surface area contributed by atoms with Crippen molar-refractivity contribution in [3.63, 3.8) is 0 Å². The molecule has 7 nitrogen and oxygen atoms in total. The van der Waals surface area contributed by atoms with E-state index in [1.165, 1.54) is 0 Å². The third-order valence-electron chi connectivity index (χ3n) is 5.27. The molecule has 0 aliphatic heterocycles. The smallest absolute Gasteiger partial charge is 0.0207 e. The van der Waals surface area contributed by atoms with Crippen LogP contribution in [0, 0.1) is 0 Å². The van der Waals surface area contributed by atoms with Crippen molar-refractivity contribution in [3.8, 4) is 0 Å². The Labute approximate surface area is 147 Å². The average molecular weight is 344 g/mol. The van der Waals surface area contributed by atoms with Crippen LogP contribution in [-0.2, 0) is 0 Å². The normalized spacial score (nSPS) is 47.6. The van der Waals surface area contributed by atoms with E-state index in [1.54, 1.807) is 0 Å². The SMILES string of the molecule is CC1(N)CCC(N)CC(C)(N)CC(N)CCC(N)C(N)CC(N)C1. The van der Waals surface area contributed by atoms with Gasteiger partial charge in [0.25, 0.3) is 0 Å². The van der Waals surface area contributed by atoms with Crippen molar-refractivity contribution in [2.75, 3.05) is 0 Å². The van der Waals surface area contributed by atoms with Crippen LogP contribution < -0.4 is 40.1 Å². The van der Waals surface area contributed by atoms with Crippen molar-refractivity contribution in [2.45, 2.75) is 107 Å². The highest BCUT2D eigenvalue weighted by Crippen LogP contribution is 2.23. The van der Waals surface area contributed by atoms with Gasteiger partial charge in [-0.25, -0.2) is 0 Å². The lowest BCUT2D eigenvalue weighted by molar-refractivity contribution is 0.296. The minimum Gasteiger partial charge on any atom is -0.328 e. The number of hydrogen-bond acceptors (Lipinski definition) is 7. The number of nitrogens with two attached hydrogens (primary N) is 7. The van der Waals surface area contributed by atoms with Gasteiger partial charge in [-0.15, -0.1) is 0 Å². The zero-order valence-corrected chi connectivity index (χ0v) is 15.6. The van der Waals surface area contributed by atoms with E-state index >= 15 is 0 Å². The van der Waals surface area contributed by atoms with E-state index in [2.05, 4.69) is 0 Å². The molecule has 0 radical (unpaired) electrons. The summed E-state index contributed by atoms with van der Waals surface area (Å²) in [5, 5.41) is 0. The maximum absolute atomic E-state index is 6.42. The Hall–Kier alpha value is -0.280. The fourth-order valence-electron chi connectivity index (χ4n) is 3.93. The van der Waals surface area contributed by atoms with Crippen LogP contribution >= 0.6 is 0 Å². The third-order valence-corrected chi connectivity index (χ3v) is 5.27. The Bertz CT molecular complexity index is 372. The topological polar surface area (TPSA) is 182 Å². The number of rotatable bonds is 0. The molecule has 1 aliphatic rings. The fourth-order valence-corrected chi connectivity index (χ4v) is 3.93. The molecule has 1 aliphatic carbocycles. The maximum Gasteiger partial charge on any atom is 0.0207 e. The Kier molecular flexibility index (Phi) is 8.06. The molecule has 0 bridgehead atoms. The molecule has 0 saturated heterocycles. The molecule has 1 fully saturated rings. The second-order valence-electron chi connectivity index (χ2n) is 8.88. The summed E-state index contributed by atoms with van der Waals surface area (Å²) in [6.45, 7) is 4.05. The van der Waals surface area contributed by atoms with Crippen LogP contribution in [0.4, 0.5) is 0 Å². The highest BCUT2D eigenvalue weighted by molar-refractivity contribution is 4.92. The van der Waals surface area contributed by atoms with E-state index in [0.29, 0.717) is 12.8 Å². The minimum absolute atomic E-state index is 0.00373. The first kappa shape index (κ1) is 21.8. The van der Waals surface area contributed by atoms with Crippen molar-refractivity contribution in [1.82, 2.24) is 0 Å². The first-order valence-electron chi connectivity index (χ1n) is 9.26. The summed E-state index contributed by atoms with van der Waals surface area (Å²) < 4.78 is 0. The second-order valence-corrected chi connectivity index (χ2v) is 8.88. The van der Waals surface area contributed by atoms with E-state index in [1.807, 2.05) is 13.8 Å².